The van der Waals surface area contributed by atoms with Crippen LogP contribution in [0.4, 0.5) is 14.6 Å². The number of nitrogens with zero attached hydrogens (tertiary/aromatic N) is 2. The molecule has 1 fully saturated rings. The maximum Gasteiger partial charge on any atom is 0.159 e. The zero-order chi connectivity index (χ0) is 14.8. The Kier molecular flexibility index (Phi) is 4.05. The van der Waals surface area contributed by atoms with Crippen LogP contribution in [0.1, 0.15) is 31.5 Å². The lowest BCUT2D eigenvalue weighted by Gasteiger charge is -2.08. The number of hydrogen-bond acceptors (Lipinski definition) is 4. The molecule has 1 aliphatic rings. The largest absolute Gasteiger partial charge is 0.370 e. The highest BCUT2D eigenvalue weighted by atomic mass is 32.2. The number of anilines is 1. The highest BCUT2D eigenvalue weighted by Gasteiger charge is 2.27. The summed E-state index contributed by atoms with van der Waals surface area (Å²) >= 11 is 1.31. The molecule has 1 aromatic carbocycles. The zero-order valence-electron chi connectivity index (χ0n) is 11.6. The number of rotatable bonds is 5. The van der Waals surface area contributed by atoms with Gasteiger partial charge >= 0.3 is 0 Å². The second-order valence-electron chi connectivity index (χ2n) is 4.93. The van der Waals surface area contributed by atoms with Gasteiger partial charge in [-0.25, -0.2) is 18.7 Å². The van der Waals surface area contributed by atoms with Crippen LogP contribution in [0, 0.1) is 11.6 Å². The lowest BCUT2D eigenvalue weighted by atomic mass is 10.3. The molecule has 0 radical (unpaired) electrons. The van der Waals surface area contributed by atoms with Crippen LogP contribution in [-0.2, 0) is 0 Å². The van der Waals surface area contributed by atoms with Crippen molar-refractivity contribution in [2.24, 2.45) is 0 Å². The van der Waals surface area contributed by atoms with Gasteiger partial charge in [0.1, 0.15) is 16.7 Å². The molecule has 1 aromatic heterocycles. The van der Waals surface area contributed by atoms with Crippen molar-refractivity contribution in [1.82, 2.24) is 9.97 Å². The SMILES string of the molecule is CCNc1cc(Sc2ccc(F)c(F)c2)nc(C2CC2)n1. The fourth-order valence-electron chi connectivity index (χ4n) is 1.95. The minimum Gasteiger partial charge on any atom is -0.370 e. The van der Waals surface area contributed by atoms with Gasteiger partial charge in [0.15, 0.2) is 11.6 Å². The van der Waals surface area contributed by atoms with E-state index >= 15 is 0 Å². The maximum absolute atomic E-state index is 13.3. The molecule has 1 N–H and O–H groups in total. The summed E-state index contributed by atoms with van der Waals surface area (Å²) in [6, 6.07) is 5.70. The van der Waals surface area contributed by atoms with Gasteiger partial charge in [-0.3, -0.25) is 0 Å². The summed E-state index contributed by atoms with van der Waals surface area (Å²) in [5.74, 6) is 0.364. The van der Waals surface area contributed by atoms with Gasteiger partial charge in [-0.2, -0.15) is 0 Å². The van der Waals surface area contributed by atoms with Gasteiger partial charge in [0.05, 0.1) is 0 Å². The van der Waals surface area contributed by atoms with Crippen LogP contribution in [0.3, 0.4) is 0 Å². The van der Waals surface area contributed by atoms with Crippen molar-refractivity contribution in [3.63, 3.8) is 0 Å². The van der Waals surface area contributed by atoms with Crippen molar-refractivity contribution < 1.29 is 8.78 Å². The fourth-order valence-corrected chi connectivity index (χ4v) is 2.80. The lowest BCUT2D eigenvalue weighted by molar-refractivity contribution is 0.506. The predicted molar refractivity (Wildman–Crippen MR) is 78.7 cm³/mol. The molecule has 0 aliphatic heterocycles. The van der Waals surface area contributed by atoms with Crippen LogP contribution in [0.5, 0.6) is 0 Å². The van der Waals surface area contributed by atoms with E-state index in [2.05, 4.69) is 15.3 Å². The molecule has 1 heterocycles. The van der Waals surface area contributed by atoms with Gasteiger partial charge < -0.3 is 5.32 Å². The van der Waals surface area contributed by atoms with E-state index in [9.17, 15) is 8.78 Å². The third kappa shape index (κ3) is 3.50. The summed E-state index contributed by atoms with van der Waals surface area (Å²) < 4.78 is 26.2. The normalized spacial score (nSPS) is 14.2. The van der Waals surface area contributed by atoms with E-state index in [0.717, 1.165) is 42.1 Å². The third-order valence-electron chi connectivity index (χ3n) is 3.13. The molecule has 0 saturated heterocycles. The average molecular weight is 307 g/mol. The molecule has 21 heavy (non-hydrogen) atoms. The summed E-state index contributed by atoms with van der Waals surface area (Å²) in [5.41, 5.74) is 0. The average Bonchev–Trinajstić information content (AvgIpc) is 3.28. The summed E-state index contributed by atoms with van der Waals surface area (Å²) in [6.07, 6.45) is 2.23. The quantitative estimate of drug-likeness (QED) is 0.840. The number of benzene rings is 1. The van der Waals surface area contributed by atoms with E-state index in [0.29, 0.717) is 10.8 Å². The standard InChI is InChI=1S/C15H15F2N3S/c1-2-18-13-8-14(20-15(19-13)9-3-4-9)21-10-5-6-11(16)12(17)7-10/h5-9H,2-4H2,1H3,(H,18,19,20). The molecule has 3 nitrogen and oxygen atoms in total. The Hall–Kier alpha value is -1.69. The van der Waals surface area contributed by atoms with Crippen molar-refractivity contribution in [2.75, 3.05) is 11.9 Å². The van der Waals surface area contributed by atoms with Gasteiger partial charge in [0.2, 0.25) is 0 Å². The van der Waals surface area contributed by atoms with Crippen LogP contribution in [0.2, 0.25) is 0 Å². The third-order valence-corrected chi connectivity index (χ3v) is 4.04. The molecule has 0 bridgehead atoms. The van der Waals surface area contributed by atoms with Crippen molar-refractivity contribution in [2.45, 2.75) is 35.6 Å². The van der Waals surface area contributed by atoms with E-state index in [1.165, 1.54) is 17.8 Å². The molecule has 0 spiro atoms. The van der Waals surface area contributed by atoms with Crippen LogP contribution in [0.25, 0.3) is 0 Å². The van der Waals surface area contributed by atoms with Gasteiger partial charge in [0, 0.05) is 23.4 Å². The van der Waals surface area contributed by atoms with Crippen molar-refractivity contribution in [1.29, 1.82) is 0 Å². The topological polar surface area (TPSA) is 37.8 Å². The summed E-state index contributed by atoms with van der Waals surface area (Å²) in [6.45, 7) is 2.78. The highest BCUT2D eigenvalue weighted by Crippen LogP contribution is 2.39. The van der Waals surface area contributed by atoms with Gasteiger partial charge in [-0.15, -0.1) is 0 Å². The lowest BCUT2D eigenvalue weighted by Crippen LogP contribution is -2.03. The molecule has 1 saturated carbocycles. The summed E-state index contributed by atoms with van der Waals surface area (Å²) in [7, 11) is 0. The summed E-state index contributed by atoms with van der Waals surface area (Å²) in [4.78, 5) is 9.63. The van der Waals surface area contributed by atoms with E-state index in [4.69, 9.17) is 0 Å². The summed E-state index contributed by atoms with van der Waals surface area (Å²) in [5, 5.41) is 3.92. The van der Waals surface area contributed by atoms with Gasteiger partial charge in [-0.05, 0) is 38.0 Å². The molecule has 0 atom stereocenters. The minimum atomic E-state index is -0.844. The molecular formula is C15H15F2N3S. The second-order valence-corrected chi connectivity index (χ2v) is 6.03. The van der Waals surface area contributed by atoms with Crippen LogP contribution < -0.4 is 5.32 Å². The van der Waals surface area contributed by atoms with Gasteiger partial charge in [0.25, 0.3) is 0 Å². The number of hydrogen-bond donors (Lipinski definition) is 1. The van der Waals surface area contributed by atoms with Crippen LogP contribution >= 0.6 is 11.8 Å². The molecule has 6 heteroatoms. The first kappa shape index (κ1) is 14.3. The zero-order valence-corrected chi connectivity index (χ0v) is 12.4. The predicted octanol–water partition coefficient (Wildman–Crippen LogP) is 4.22. The molecule has 0 amide bonds. The Morgan fingerprint density at radius 3 is 2.67 bits per heavy atom. The number of nitrogens with one attached hydrogen (secondary N) is 1. The second kappa shape index (κ2) is 5.97. The molecule has 0 unspecified atom stereocenters. The Morgan fingerprint density at radius 2 is 2.00 bits per heavy atom. The smallest absolute Gasteiger partial charge is 0.159 e. The molecule has 2 aromatic rings. The molecular weight excluding hydrogens is 292 g/mol. The maximum atomic E-state index is 13.3. The first-order valence-electron chi connectivity index (χ1n) is 6.91. The van der Waals surface area contributed by atoms with Gasteiger partial charge in [-0.1, -0.05) is 11.8 Å². The first-order chi connectivity index (χ1) is 10.2. The van der Waals surface area contributed by atoms with E-state index in [1.807, 2.05) is 13.0 Å². The van der Waals surface area contributed by atoms with Crippen LogP contribution in [0.15, 0.2) is 34.2 Å². The van der Waals surface area contributed by atoms with Crippen molar-refractivity contribution in [3.8, 4) is 0 Å². The van der Waals surface area contributed by atoms with E-state index in [-0.39, 0.29) is 0 Å². The Bertz CT molecular complexity index is 659. The Balaban J connectivity index is 1.87. The minimum absolute atomic E-state index is 0.438. The molecule has 110 valence electrons. The first-order valence-corrected chi connectivity index (χ1v) is 7.73. The molecule has 1 aliphatic carbocycles. The Labute approximate surface area is 126 Å². The van der Waals surface area contributed by atoms with Crippen molar-refractivity contribution in [3.05, 3.63) is 41.7 Å². The van der Waals surface area contributed by atoms with Crippen molar-refractivity contribution >= 4 is 17.6 Å². The van der Waals surface area contributed by atoms with Crippen LogP contribution in [-0.4, -0.2) is 16.5 Å². The Morgan fingerprint density at radius 1 is 1.19 bits per heavy atom. The van der Waals surface area contributed by atoms with E-state index < -0.39 is 11.6 Å². The highest BCUT2D eigenvalue weighted by molar-refractivity contribution is 7.99. The molecule has 3 rings (SSSR count). The number of halogens is 2. The van der Waals surface area contributed by atoms with E-state index in [1.54, 1.807) is 6.07 Å². The monoisotopic (exact) mass is 307 g/mol. The fraction of sp³-hybridized carbons (Fsp3) is 0.333. The number of aromatic nitrogens is 2.